The van der Waals surface area contributed by atoms with Crippen LogP contribution in [0.25, 0.3) is 6.08 Å². The molecule has 0 fully saturated rings. The number of carbonyl (C=O) groups is 1. The van der Waals surface area contributed by atoms with Crippen molar-refractivity contribution < 1.29 is 13.9 Å². The van der Waals surface area contributed by atoms with Crippen molar-refractivity contribution in [2.75, 3.05) is 0 Å². The predicted octanol–water partition coefficient (Wildman–Crippen LogP) is 4.12. The van der Waals surface area contributed by atoms with Gasteiger partial charge in [-0.25, -0.2) is 14.2 Å². The molecule has 3 aromatic carbocycles. The number of aromatic nitrogens is 1. The van der Waals surface area contributed by atoms with E-state index in [-0.39, 0.29) is 17.7 Å². The SMILES string of the molecule is CC1=C(C(=O)OCc2ccccc2)[C@@H](c2ccc(F)cc2)n2c(s/c(=C\c3ccccc3)c2=O)=N1. The van der Waals surface area contributed by atoms with E-state index in [1.807, 2.05) is 60.7 Å². The quantitative estimate of drug-likeness (QED) is 0.401. The summed E-state index contributed by atoms with van der Waals surface area (Å²) in [5, 5.41) is 0. The lowest BCUT2D eigenvalue weighted by atomic mass is 9.96. The molecule has 1 aliphatic heterocycles. The molecular weight excluding hydrogens is 463 g/mol. The maximum absolute atomic E-state index is 13.7. The minimum absolute atomic E-state index is 0.0883. The Labute approximate surface area is 204 Å². The van der Waals surface area contributed by atoms with Crippen molar-refractivity contribution in [1.82, 2.24) is 4.57 Å². The minimum Gasteiger partial charge on any atom is -0.457 e. The van der Waals surface area contributed by atoms with E-state index in [1.54, 1.807) is 25.1 Å². The average Bonchev–Trinajstić information content (AvgIpc) is 3.17. The highest BCUT2D eigenvalue weighted by Crippen LogP contribution is 2.31. The van der Waals surface area contributed by atoms with Crippen molar-refractivity contribution in [1.29, 1.82) is 0 Å². The number of rotatable bonds is 5. The standard InChI is InChI=1S/C28H21FN2O3S/c1-18-24(27(33)34-17-20-10-6-3-7-11-20)25(21-12-14-22(29)15-13-21)31-26(32)23(35-28(31)30-18)16-19-8-4-2-5-9-19/h2-16,25H,17H2,1H3/b23-16-/t25-/m1/s1. The van der Waals surface area contributed by atoms with Crippen molar-refractivity contribution in [3.8, 4) is 0 Å². The third-order valence-corrected chi connectivity index (χ3v) is 6.72. The van der Waals surface area contributed by atoms with Gasteiger partial charge >= 0.3 is 5.97 Å². The number of fused-ring (bicyclic) bond motifs is 1. The van der Waals surface area contributed by atoms with Gasteiger partial charge in [-0.15, -0.1) is 0 Å². The predicted molar refractivity (Wildman–Crippen MR) is 133 cm³/mol. The number of nitrogens with zero attached hydrogens (tertiary/aromatic N) is 2. The van der Waals surface area contributed by atoms with Crippen LogP contribution in [0.5, 0.6) is 0 Å². The Morgan fingerprint density at radius 2 is 1.69 bits per heavy atom. The number of hydrogen-bond acceptors (Lipinski definition) is 5. The van der Waals surface area contributed by atoms with E-state index < -0.39 is 17.8 Å². The van der Waals surface area contributed by atoms with Crippen molar-refractivity contribution in [2.24, 2.45) is 4.99 Å². The molecule has 0 radical (unpaired) electrons. The van der Waals surface area contributed by atoms with E-state index >= 15 is 0 Å². The van der Waals surface area contributed by atoms with Gasteiger partial charge in [-0.3, -0.25) is 9.36 Å². The number of halogens is 1. The zero-order chi connectivity index (χ0) is 24.4. The molecule has 35 heavy (non-hydrogen) atoms. The summed E-state index contributed by atoms with van der Waals surface area (Å²) in [4.78, 5) is 31.9. The zero-order valence-electron chi connectivity index (χ0n) is 18.9. The van der Waals surface area contributed by atoms with Crippen LogP contribution < -0.4 is 14.9 Å². The number of thiazole rings is 1. The van der Waals surface area contributed by atoms with Gasteiger partial charge in [-0.05, 0) is 41.8 Å². The van der Waals surface area contributed by atoms with Gasteiger partial charge in [-0.2, -0.15) is 0 Å². The number of ether oxygens (including phenoxy) is 1. The van der Waals surface area contributed by atoms with Crippen LogP contribution in [-0.4, -0.2) is 10.5 Å². The Balaban J connectivity index is 1.61. The first kappa shape index (κ1) is 22.7. The fourth-order valence-electron chi connectivity index (χ4n) is 4.04. The van der Waals surface area contributed by atoms with Gasteiger partial charge in [0, 0.05) is 0 Å². The molecule has 174 valence electrons. The Morgan fingerprint density at radius 1 is 1.03 bits per heavy atom. The first-order chi connectivity index (χ1) is 17.0. The first-order valence-corrected chi connectivity index (χ1v) is 11.9. The van der Waals surface area contributed by atoms with Crippen molar-refractivity contribution in [2.45, 2.75) is 19.6 Å². The molecule has 1 aromatic heterocycles. The van der Waals surface area contributed by atoms with Gasteiger partial charge in [0.15, 0.2) is 4.80 Å². The van der Waals surface area contributed by atoms with Crippen LogP contribution in [0.3, 0.4) is 0 Å². The highest BCUT2D eigenvalue weighted by atomic mass is 32.1. The Kier molecular flexibility index (Phi) is 6.25. The van der Waals surface area contributed by atoms with Gasteiger partial charge in [0.2, 0.25) is 0 Å². The number of esters is 1. The monoisotopic (exact) mass is 484 g/mol. The third kappa shape index (κ3) is 4.63. The van der Waals surface area contributed by atoms with E-state index in [4.69, 9.17) is 4.74 Å². The van der Waals surface area contributed by atoms with Crippen LogP contribution in [0.4, 0.5) is 4.39 Å². The second-order valence-electron chi connectivity index (χ2n) is 8.11. The minimum atomic E-state index is -0.784. The summed E-state index contributed by atoms with van der Waals surface area (Å²) in [6.45, 7) is 1.81. The lowest BCUT2D eigenvalue weighted by Crippen LogP contribution is -2.39. The summed E-state index contributed by atoms with van der Waals surface area (Å²) in [6, 6.07) is 23.9. The molecule has 2 heterocycles. The smallest absolute Gasteiger partial charge is 0.338 e. The van der Waals surface area contributed by atoms with Gasteiger partial charge in [0.1, 0.15) is 12.4 Å². The molecule has 0 unspecified atom stereocenters. The molecule has 7 heteroatoms. The number of benzene rings is 3. The lowest BCUT2D eigenvalue weighted by Gasteiger charge is -2.24. The van der Waals surface area contributed by atoms with Gasteiger partial charge in [0.25, 0.3) is 5.56 Å². The van der Waals surface area contributed by atoms with Crippen LogP contribution in [0.2, 0.25) is 0 Å². The molecule has 0 N–H and O–H groups in total. The summed E-state index contributed by atoms with van der Waals surface area (Å²) in [5.74, 6) is -0.971. The number of carbonyl (C=O) groups excluding carboxylic acids is 1. The average molecular weight is 485 g/mol. The summed E-state index contributed by atoms with van der Waals surface area (Å²) in [6.07, 6.45) is 1.80. The molecule has 0 amide bonds. The number of hydrogen-bond donors (Lipinski definition) is 0. The normalized spacial score (nSPS) is 15.5. The largest absolute Gasteiger partial charge is 0.457 e. The van der Waals surface area contributed by atoms with Crippen molar-refractivity contribution >= 4 is 23.4 Å². The van der Waals surface area contributed by atoms with Gasteiger partial charge in [0.05, 0.1) is 21.8 Å². The Morgan fingerprint density at radius 3 is 2.37 bits per heavy atom. The van der Waals surface area contributed by atoms with E-state index in [9.17, 15) is 14.0 Å². The van der Waals surface area contributed by atoms with Crippen LogP contribution >= 0.6 is 11.3 Å². The molecule has 5 nitrogen and oxygen atoms in total. The summed E-state index contributed by atoms with van der Waals surface area (Å²) < 4.78 is 21.3. The molecule has 0 bridgehead atoms. The van der Waals surface area contributed by atoms with E-state index in [1.165, 1.54) is 28.0 Å². The maximum atomic E-state index is 13.7. The summed E-state index contributed by atoms with van der Waals surface area (Å²) in [5.41, 5.74) is 2.77. The molecule has 0 spiro atoms. The second kappa shape index (κ2) is 9.64. The van der Waals surface area contributed by atoms with Gasteiger partial charge < -0.3 is 4.74 Å². The van der Waals surface area contributed by atoms with E-state index in [0.29, 0.717) is 20.6 Å². The number of allylic oxidation sites excluding steroid dienone is 1. The molecule has 1 aliphatic rings. The van der Waals surface area contributed by atoms with Crippen LogP contribution in [0, 0.1) is 5.82 Å². The molecule has 0 saturated heterocycles. The van der Waals surface area contributed by atoms with Crippen LogP contribution in [0.1, 0.15) is 29.7 Å². The molecule has 1 atom stereocenters. The summed E-state index contributed by atoms with van der Waals surface area (Å²) >= 11 is 1.25. The maximum Gasteiger partial charge on any atom is 0.338 e. The van der Waals surface area contributed by atoms with Crippen molar-refractivity contribution in [3.63, 3.8) is 0 Å². The van der Waals surface area contributed by atoms with E-state index in [2.05, 4.69) is 4.99 Å². The first-order valence-electron chi connectivity index (χ1n) is 11.1. The summed E-state index contributed by atoms with van der Waals surface area (Å²) in [7, 11) is 0. The highest BCUT2D eigenvalue weighted by Gasteiger charge is 2.33. The zero-order valence-corrected chi connectivity index (χ0v) is 19.7. The fourth-order valence-corrected chi connectivity index (χ4v) is 5.09. The van der Waals surface area contributed by atoms with E-state index in [0.717, 1.165) is 11.1 Å². The van der Waals surface area contributed by atoms with Crippen LogP contribution in [-0.2, 0) is 16.1 Å². The Hall–Kier alpha value is -4.10. The lowest BCUT2D eigenvalue weighted by molar-refractivity contribution is -0.140. The molecule has 0 saturated carbocycles. The molecular formula is C28H21FN2O3S. The molecule has 5 rings (SSSR count). The topological polar surface area (TPSA) is 60.7 Å². The third-order valence-electron chi connectivity index (χ3n) is 5.74. The molecule has 4 aromatic rings. The van der Waals surface area contributed by atoms with Gasteiger partial charge in [-0.1, -0.05) is 84.1 Å². The highest BCUT2D eigenvalue weighted by molar-refractivity contribution is 7.07. The fraction of sp³-hybridized carbons (Fsp3) is 0.107. The molecule has 0 aliphatic carbocycles. The van der Waals surface area contributed by atoms with Crippen molar-refractivity contribution in [3.05, 3.63) is 138 Å². The van der Waals surface area contributed by atoms with Crippen LogP contribution in [0.15, 0.2) is 106 Å². The Bertz CT molecular complexity index is 1590. The second-order valence-corrected chi connectivity index (χ2v) is 9.11.